The zero-order valence-electron chi connectivity index (χ0n) is 4.78. The third kappa shape index (κ3) is 0.652. The van der Waals surface area contributed by atoms with Crippen molar-refractivity contribution in [3.05, 3.63) is 0 Å². The van der Waals surface area contributed by atoms with E-state index < -0.39 is 4.33 Å². The van der Waals surface area contributed by atoms with Crippen molar-refractivity contribution in [1.82, 2.24) is 0 Å². The summed E-state index contributed by atoms with van der Waals surface area (Å²) < 4.78 is -0.667. The summed E-state index contributed by atoms with van der Waals surface area (Å²) in [7, 11) is 0. The lowest BCUT2D eigenvalue weighted by Crippen LogP contribution is -2.44. The maximum Gasteiger partial charge on any atom is 0.177 e. The number of hydrogen-bond acceptors (Lipinski definition) is 1. The highest BCUT2D eigenvalue weighted by molar-refractivity contribution is 6.60. The topological polar surface area (TPSA) is 12.4 Å². The molecule has 1 rings (SSSR count). The minimum absolute atomic E-state index is 0.0748. The predicted octanol–water partition coefficient (Wildman–Crippen LogP) is 2.02. The van der Waals surface area contributed by atoms with Crippen LogP contribution in [0.2, 0.25) is 0 Å². The van der Waals surface area contributed by atoms with Gasteiger partial charge in [-0.25, -0.2) is 0 Å². The van der Waals surface area contributed by atoms with Crippen molar-refractivity contribution >= 4 is 28.9 Å². The molecule has 1 atom stereocenters. The van der Waals surface area contributed by atoms with Gasteiger partial charge >= 0.3 is 0 Å². The standard InChI is InChI=1S/C5H7Cl2N/c1-3-5(6,7)4(2)8-3/h3H,1-2H3. The molecule has 0 bridgehead atoms. The fourth-order valence-electron chi connectivity index (χ4n) is 0.694. The lowest BCUT2D eigenvalue weighted by atomic mass is 10.1. The summed E-state index contributed by atoms with van der Waals surface area (Å²) in [6, 6.07) is 0.0748. The van der Waals surface area contributed by atoms with E-state index in [1.54, 1.807) is 0 Å². The molecule has 1 heterocycles. The molecule has 0 spiro atoms. The van der Waals surface area contributed by atoms with Gasteiger partial charge in [0.1, 0.15) is 0 Å². The molecule has 1 aliphatic heterocycles. The molecule has 46 valence electrons. The molecular weight excluding hydrogens is 145 g/mol. The Kier molecular flexibility index (Phi) is 1.28. The van der Waals surface area contributed by atoms with Crippen LogP contribution in [0.1, 0.15) is 13.8 Å². The second kappa shape index (κ2) is 1.61. The molecule has 1 nitrogen and oxygen atoms in total. The van der Waals surface area contributed by atoms with Gasteiger partial charge in [0.2, 0.25) is 0 Å². The van der Waals surface area contributed by atoms with Gasteiger partial charge in [-0.15, -0.1) is 0 Å². The Morgan fingerprint density at radius 2 is 2.12 bits per heavy atom. The van der Waals surface area contributed by atoms with Crippen molar-refractivity contribution in [2.75, 3.05) is 0 Å². The average molecular weight is 152 g/mol. The van der Waals surface area contributed by atoms with Gasteiger partial charge < -0.3 is 0 Å². The smallest absolute Gasteiger partial charge is 0.177 e. The molecule has 8 heavy (non-hydrogen) atoms. The normalized spacial score (nSPS) is 33.5. The number of halogens is 2. The largest absolute Gasteiger partial charge is 0.285 e. The van der Waals surface area contributed by atoms with Gasteiger partial charge in [-0.2, -0.15) is 0 Å². The Balaban J connectivity index is 2.77. The summed E-state index contributed by atoms with van der Waals surface area (Å²) in [6.45, 7) is 3.73. The fourth-order valence-corrected chi connectivity index (χ4v) is 0.889. The minimum atomic E-state index is -0.667. The van der Waals surface area contributed by atoms with Gasteiger partial charge in [-0.05, 0) is 13.8 Å². The molecule has 0 amide bonds. The summed E-state index contributed by atoms with van der Waals surface area (Å²) in [6.07, 6.45) is 0. The monoisotopic (exact) mass is 151 g/mol. The number of alkyl halides is 2. The van der Waals surface area contributed by atoms with E-state index in [9.17, 15) is 0 Å². The minimum Gasteiger partial charge on any atom is -0.285 e. The SMILES string of the molecule is CC1=NC(C)C1(Cl)Cl. The van der Waals surface area contributed by atoms with Gasteiger partial charge in [-0.1, -0.05) is 23.2 Å². The quantitative estimate of drug-likeness (QED) is 0.471. The number of aliphatic imine (C=N–C) groups is 1. The first-order chi connectivity index (χ1) is 3.55. The van der Waals surface area contributed by atoms with Crippen LogP contribution in [0, 0.1) is 0 Å². The van der Waals surface area contributed by atoms with E-state index in [2.05, 4.69) is 4.99 Å². The van der Waals surface area contributed by atoms with E-state index in [0.29, 0.717) is 0 Å². The van der Waals surface area contributed by atoms with E-state index in [1.807, 2.05) is 13.8 Å². The highest BCUT2D eigenvalue weighted by Gasteiger charge is 2.42. The number of hydrogen-bond donors (Lipinski definition) is 0. The third-order valence-corrected chi connectivity index (χ3v) is 2.57. The molecule has 1 aliphatic rings. The lowest BCUT2D eigenvalue weighted by molar-refractivity contribution is 0.674. The molecule has 0 radical (unpaired) electrons. The van der Waals surface area contributed by atoms with Crippen molar-refractivity contribution in [2.24, 2.45) is 4.99 Å². The second-order valence-electron chi connectivity index (χ2n) is 2.01. The Morgan fingerprint density at radius 1 is 1.62 bits per heavy atom. The van der Waals surface area contributed by atoms with Crippen LogP contribution in [-0.2, 0) is 0 Å². The van der Waals surface area contributed by atoms with Crippen LogP contribution in [0.5, 0.6) is 0 Å². The van der Waals surface area contributed by atoms with Crippen molar-refractivity contribution in [2.45, 2.75) is 24.2 Å². The Labute approximate surface area is 58.7 Å². The maximum atomic E-state index is 5.74. The van der Waals surface area contributed by atoms with Crippen LogP contribution in [-0.4, -0.2) is 16.1 Å². The first-order valence-electron chi connectivity index (χ1n) is 2.48. The van der Waals surface area contributed by atoms with Crippen molar-refractivity contribution in [3.8, 4) is 0 Å². The van der Waals surface area contributed by atoms with Crippen LogP contribution in [0.25, 0.3) is 0 Å². The highest BCUT2D eigenvalue weighted by atomic mass is 35.5. The Hall–Kier alpha value is 0.250. The predicted molar refractivity (Wildman–Crippen MR) is 37.0 cm³/mol. The summed E-state index contributed by atoms with van der Waals surface area (Å²) in [4.78, 5) is 4.03. The van der Waals surface area contributed by atoms with Gasteiger partial charge in [0.15, 0.2) is 4.33 Å². The fraction of sp³-hybridized carbons (Fsp3) is 0.800. The molecule has 0 N–H and O–H groups in total. The Bertz CT molecular complexity index is 139. The third-order valence-electron chi connectivity index (χ3n) is 1.39. The molecule has 0 aromatic heterocycles. The van der Waals surface area contributed by atoms with Crippen molar-refractivity contribution < 1.29 is 0 Å². The van der Waals surface area contributed by atoms with E-state index in [1.165, 1.54) is 0 Å². The van der Waals surface area contributed by atoms with E-state index >= 15 is 0 Å². The molecule has 0 aromatic rings. The first kappa shape index (κ1) is 6.37. The van der Waals surface area contributed by atoms with Crippen LogP contribution in [0.3, 0.4) is 0 Å². The van der Waals surface area contributed by atoms with Gasteiger partial charge in [0.25, 0.3) is 0 Å². The zero-order valence-corrected chi connectivity index (χ0v) is 6.29. The molecular formula is C5H7Cl2N. The maximum absolute atomic E-state index is 5.74. The number of nitrogens with zero attached hydrogens (tertiary/aromatic N) is 1. The van der Waals surface area contributed by atoms with E-state index in [0.717, 1.165) is 5.71 Å². The van der Waals surface area contributed by atoms with Crippen molar-refractivity contribution in [1.29, 1.82) is 0 Å². The molecule has 0 saturated carbocycles. The highest BCUT2D eigenvalue weighted by Crippen LogP contribution is 2.36. The molecule has 1 unspecified atom stereocenters. The van der Waals surface area contributed by atoms with E-state index in [-0.39, 0.29) is 6.04 Å². The summed E-state index contributed by atoms with van der Waals surface area (Å²) in [5.41, 5.74) is 0.827. The molecule has 0 saturated heterocycles. The van der Waals surface area contributed by atoms with E-state index in [4.69, 9.17) is 23.2 Å². The first-order valence-corrected chi connectivity index (χ1v) is 3.23. The molecule has 0 aromatic carbocycles. The van der Waals surface area contributed by atoms with Gasteiger partial charge in [0.05, 0.1) is 6.04 Å². The van der Waals surface area contributed by atoms with Crippen LogP contribution >= 0.6 is 23.2 Å². The summed E-state index contributed by atoms with van der Waals surface area (Å²) in [5.74, 6) is 0. The van der Waals surface area contributed by atoms with Gasteiger partial charge in [-0.3, -0.25) is 4.99 Å². The lowest BCUT2D eigenvalue weighted by Gasteiger charge is -2.33. The molecule has 0 fully saturated rings. The van der Waals surface area contributed by atoms with Crippen LogP contribution in [0.15, 0.2) is 4.99 Å². The molecule has 0 aliphatic carbocycles. The Morgan fingerprint density at radius 3 is 2.12 bits per heavy atom. The van der Waals surface area contributed by atoms with Crippen molar-refractivity contribution in [3.63, 3.8) is 0 Å². The summed E-state index contributed by atoms with van der Waals surface area (Å²) in [5, 5.41) is 0. The summed E-state index contributed by atoms with van der Waals surface area (Å²) >= 11 is 11.5. The van der Waals surface area contributed by atoms with Crippen LogP contribution < -0.4 is 0 Å². The number of rotatable bonds is 0. The zero-order chi connectivity index (χ0) is 6.36. The van der Waals surface area contributed by atoms with Gasteiger partial charge in [0, 0.05) is 5.71 Å². The second-order valence-corrected chi connectivity index (χ2v) is 3.40. The van der Waals surface area contributed by atoms with Crippen LogP contribution in [0.4, 0.5) is 0 Å². The molecule has 3 heteroatoms. The average Bonchev–Trinajstić information content (AvgIpc) is 1.68.